The Morgan fingerprint density at radius 3 is 2.67 bits per heavy atom. The van der Waals surface area contributed by atoms with E-state index < -0.39 is 10.0 Å². The molecule has 1 aromatic rings. The Balaban J connectivity index is 2.09. The fourth-order valence-corrected chi connectivity index (χ4v) is 3.63. The number of nitrogens with one attached hydrogen (secondary N) is 1. The number of ether oxygens (including phenoxy) is 1. The first-order valence-electron chi connectivity index (χ1n) is 5.52. The predicted octanol–water partition coefficient (Wildman–Crippen LogP) is 1.49. The third-order valence-corrected chi connectivity index (χ3v) is 5.24. The summed E-state index contributed by atoms with van der Waals surface area (Å²) < 4.78 is 32.5. The normalized spacial score (nSPS) is 23.7. The summed E-state index contributed by atoms with van der Waals surface area (Å²) in [4.78, 5) is 0.212. The van der Waals surface area contributed by atoms with E-state index in [9.17, 15) is 8.42 Å². The zero-order valence-corrected chi connectivity index (χ0v) is 12.3. The number of hydrogen-bond donors (Lipinski definition) is 2. The maximum Gasteiger partial charge on any atom is 0.240 e. The minimum Gasteiger partial charge on any atom is -0.398 e. The summed E-state index contributed by atoms with van der Waals surface area (Å²) in [7, 11) is -1.85. The number of hydrogen-bond acceptors (Lipinski definition) is 4. The van der Waals surface area contributed by atoms with Crippen LogP contribution < -0.4 is 10.5 Å². The summed E-state index contributed by atoms with van der Waals surface area (Å²) in [5, 5.41) is 0. The van der Waals surface area contributed by atoms with Gasteiger partial charge < -0.3 is 10.5 Å². The number of benzene rings is 1. The summed E-state index contributed by atoms with van der Waals surface area (Å²) in [5.41, 5.74) is 6.14. The van der Waals surface area contributed by atoms with Crippen molar-refractivity contribution < 1.29 is 13.2 Å². The van der Waals surface area contributed by atoms with Crippen molar-refractivity contribution >= 4 is 31.6 Å². The smallest absolute Gasteiger partial charge is 0.240 e. The van der Waals surface area contributed by atoms with Gasteiger partial charge in [0.05, 0.1) is 11.0 Å². The Morgan fingerprint density at radius 1 is 1.44 bits per heavy atom. The maximum atomic E-state index is 12.1. The zero-order valence-electron chi connectivity index (χ0n) is 9.89. The van der Waals surface area contributed by atoms with Crippen LogP contribution in [0.25, 0.3) is 0 Å². The first-order chi connectivity index (χ1) is 8.42. The van der Waals surface area contributed by atoms with Crippen LogP contribution >= 0.6 is 15.9 Å². The topological polar surface area (TPSA) is 81.4 Å². The molecule has 2 rings (SSSR count). The van der Waals surface area contributed by atoms with E-state index in [4.69, 9.17) is 10.5 Å². The highest BCUT2D eigenvalue weighted by Gasteiger charge is 2.32. The van der Waals surface area contributed by atoms with Crippen LogP contribution in [-0.4, -0.2) is 27.7 Å². The van der Waals surface area contributed by atoms with Crippen LogP contribution in [-0.2, 0) is 14.8 Å². The Hall–Kier alpha value is -0.630. The number of sulfonamides is 1. The molecule has 1 saturated carbocycles. The van der Waals surface area contributed by atoms with Crippen LogP contribution in [0.4, 0.5) is 5.69 Å². The summed E-state index contributed by atoms with van der Waals surface area (Å²) >= 11 is 3.22. The molecule has 1 aliphatic rings. The molecule has 0 radical (unpaired) electrons. The molecular formula is C11H15BrN2O3S. The lowest BCUT2D eigenvalue weighted by atomic mass is 9.90. The SMILES string of the molecule is COC1CC(NS(=O)(=O)c2ccc(N)c(Br)c2)C1. The Labute approximate surface area is 115 Å². The maximum absolute atomic E-state index is 12.1. The molecule has 18 heavy (non-hydrogen) atoms. The summed E-state index contributed by atoms with van der Waals surface area (Å²) in [5.74, 6) is 0. The fraction of sp³-hybridized carbons (Fsp3) is 0.455. The van der Waals surface area contributed by atoms with E-state index >= 15 is 0 Å². The van der Waals surface area contributed by atoms with Crippen molar-refractivity contribution in [3.63, 3.8) is 0 Å². The number of methoxy groups -OCH3 is 1. The second-order valence-corrected chi connectivity index (χ2v) is 6.90. The lowest BCUT2D eigenvalue weighted by Gasteiger charge is -2.34. The third-order valence-electron chi connectivity index (χ3n) is 3.03. The molecule has 0 bridgehead atoms. The first kappa shape index (κ1) is 13.8. The van der Waals surface area contributed by atoms with Gasteiger partial charge in [0.15, 0.2) is 0 Å². The van der Waals surface area contributed by atoms with Crippen molar-refractivity contribution in [2.75, 3.05) is 12.8 Å². The van der Waals surface area contributed by atoms with Crippen molar-refractivity contribution in [1.82, 2.24) is 4.72 Å². The van der Waals surface area contributed by atoms with Crippen molar-refractivity contribution in [2.45, 2.75) is 29.9 Å². The van der Waals surface area contributed by atoms with Crippen molar-refractivity contribution in [1.29, 1.82) is 0 Å². The largest absolute Gasteiger partial charge is 0.398 e. The minimum absolute atomic E-state index is 0.0451. The van der Waals surface area contributed by atoms with Gasteiger partial charge in [-0.2, -0.15) is 0 Å². The molecule has 0 aliphatic heterocycles. The van der Waals surface area contributed by atoms with Gasteiger partial charge in [-0.1, -0.05) is 0 Å². The monoisotopic (exact) mass is 334 g/mol. The molecule has 3 N–H and O–H groups in total. The van der Waals surface area contributed by atoms with Crippen LogP contribution in [0.15, 0.2) is 27.6 Å². The van der Waals surface area contributed by atoms with Crippen LogP contribution in [0.1, 0.15) is 12.8 Å². The van der Waals surface area contributed by atoms with Crippen LogP contribution in [0.3, 0.4) is 0 Å². The second kappa shape index (κ2) is 5.16. The Morgan fingerprint density at radius 2 is 2.11 bits per heavy atom. The van der Waals surface area contributed by atoms with E-state index in [2.05, 4.69) is 20.7 Å². The van der Waals surface area contributed by atoms with Gasteiger partial charge in [-0.05, 0) is 47.0 Å². The molecule has 100 valence electrons. The van der Waals surface area contributed by atoms with Gasteiger partial charge in [-0.3, -0.25) is 0 Å². The molecule has 0 saturated heterocycles. The van der Waals surface area contributed by atoms with Crippen LogP contribution in [0, 0.1) is 0 Å². The van der Waals surface area contributed by atoms with Crippen LogP contribution in [0.5, 0.6) is 0 Å². The molecule has 0 heterocycles. The van der Waals surface area contributed by atoms with E-state index in [1.54, 1.807) is 13.2 Å². The third kappa shape index (κ3) is 2.85. The van der Waals surface area contributed by atoms with Crippen molar-refractivity contribution in [3.05, 3.63) is 22.7 Å². The standard InChI is InChI=1S/C11H15BrN2O3S/c1-17-8-4-7(5-8)14-18(15,16)9-2-3-11(13)10(12)6-9/h2-3,6-8,14H,4-5,13H2,1H3. The van der Waals surface area contributed by atoms with Crippen LogP contribution in [0.2, 0.25) is 0 Å². The first-order valence-corrected chi connectivity index (χ1v) is 7.80. The molecule has 0 atom stereocenters. The molecule has 1 aromatic carbocycles. The minimum atomic E-state index is -3.48. The number of rotatable bonds is 4. The summed E-state index contributed by atoms with van der Waals surface area (Å²) in [6.07, 6.45) is 1.59. The summed E-state index contributed by atoms with van der Waals surface area (Å²) in [6.45, 7) is 0. The molecule has 0 spiro atoms. The average molecular weight is 335 g/mol. The second-order valence-electron chi connectivity index (χ2n) is 4.33. The van der Waals surface area contributed by atoms with Crippen molar-refractivity contribution in [3.8, 4) is 0 Å². The van der Waals surface area contributed by atoms with Gasteiger partial charge in [0.25, 0.3) is 0 Å². The molecule has 1 aliphatic carbocycles. The van der Waals surface area contributed by atoms with Gasteiger partial charge in [-0.25, -0.2) is 13.1 Å². The Kier molecular flexibility index (Phi) is 3.96. The van der Waals surface area contributed by atoms with Crippen molar-refractivity contribution in [2.24, 2.45) is 0 Å². The predicted molar refractivity (Wildman–Crippen MR) is 72.7 cm³/mol. The van der Waals surface area contributed by atoms with E-state index in [1.165, 1.54) is 12.1 Å². The van der Waals surface area contributed by atoms with Gasteiger partial charge >= 0.3 is 0 Å². The fourth-order valence-electron chi connectivity index (χ4n) is 1.82. The van der Waals surface area contributed by atoms with Gasteiger partial charge in [0.2, 0.25) is 10.0 Å². The molecule has 1 fully saturated rings. The number of nitrogen functional groups attached to an aromatic ring is 1. The quantitative estimate of drug-likeness (QED) is 0.817. The lowest BCUT2D eigenvalue weighted by Crippen LogP contribution is -2.47. The molecule has 5 nitrogen and oxygen atoms in total. The molecule has 0 amide bonds. The highest BCUT2D eigenvalue weighted by Crippen LogP contribution is 2.26. The van der Waals surface area contributed by atoms with E-state index in [1.807, 2.05) is 0 Å². The Bertz CT molecular complexity index is 541. The highest BCUT2D eigenvalue weighted by atomic mass is 79.9. The molecular weight excluding hydrogens is 320 g/mol. The van der Waals surface area contributed by atoms with Gasteiger partial charge in [0, 0.05) is 23.3 Å². The number of nitrogens with two attached hydrogens (primary N) is 1. The number of anilines is 1. The zero-order chi connectivity index (χ0) is 13.3. The van der Waals surface area contributed by atoms with E-state index in [0.29, 0.717) is 23.0 Å². The molecule has 0 unspecified atom stereocenters. The molecule has 7 heteroatoms. The number of halogens is 1. The highest BCUT2D eigenvalue weighted by molar-refractivity contribution is 9.10. The van der Waals surface area contributed by atoms with E-state index in [-0.39, 0.29) is 17.0 Å². The van der Waals surface area contributed by atoms with E-state index in [0.717, 1.165) is 0 Å². The summed E-state index contributed by atoms with van der Waals surface area (Å²) in [6, 6.07) is 4.52. The van der Waals surface area contributed by atoms with Gasteiger partial charge in [0.1, 0.15) is 0 Å². The van der Waals surface area contributed by atoms with Gasteiger partial charge in [-0.15, -0.1) is 0 Å². The average Bonchev–Trinajstić information content (AvgIpc) is 2.26. The lowest BCUT2D eigenvalue weighted by molar-refractivity contribution is 0.0236. The molecule has 0 aromatic heterocycles.